The Morgan fingerprint density at radius 3 is 2.76 bits per heavy atom. The van der Waals surface area contributed by atoms with Crippen LogP contribution in [0, 0.1) is 17.0 Å². The van der Waals surface area contributed by atoms with Crippen molar-refractivity contribution < 1.29 is 14.2 Å². The molecule has 1 aliphatic heterocycles. The quantitative estimate of drug-likeness (QED) is 0.459. The van der Waals surface area contributed by atoms with Crippen molar-refractivity contribution in [3.05, 3.63) is 74.6 Å². The third-order valence-corrected chi connectivity index (χ3v) is 5.26. The molecule has 0 aliphatic carbocycles. The van der Waals surface area contributed by atoms with E-state index in [0.29, 0.717) is 24.7 Å². The molecule has 1 aliphatic rings. The fourth-order valence-electron chi connectivity index (χ4n) is 3.41. The molecule has 0 bridgehead atoms. The maximum atomic E-state index is 13.0. The van der Waals surface area contributed by atoms with Crippen LogP contribution in [0.3, 0.4) is 0 Å². The Morgan fingerprint density at radius 1 is 1.28 bits per heavy atom. The van der Waals surface area contributed by atoms with E-state index in [9.17, 15) is 14.9 Å². The van der Waals surface area contributed by atoms with Crippen LogP contribution in [0.2, 0.25) is 5.02 Å². The maximum Gasteiger partial charge on any atom is 0.288 e. The van der Waals surface area contributed by atoms with Gasteiger partial charge in [0.25, 0.3) is 11.6 Å². The van der Waals surface area contributed by atoms with Crippen LogP contribution in [0.4, 0.5) is 5.69 Å². The molecule has 1 fully saturated rings. The number of halogens is 1. The molecule has 1 amide bonds. The minimum absolute atomic E-state index is 0.0100. The van der Waals surface area contributed by atoms with Crippen LogP contribution in [0.15, 0.2) is 47.0 Å². The average molecular weight is 413 g/mol. The molecule has 2 aromatic carbocycles. The van der Waals surface area contributed by atoms with Gasteiger partial charge in [0.15, 0.2) is 0 Å². The molecule has 4 rings (SSSR count). The summed E-state index contributed by atoms with van der Waals surface area (Å²) in [6, 6.07) is 11.4. The van der Waals surface area contributed by atoms with Crippen LogP contribution >= 0.6 is 11.6 Å². The van der Waals surface area contributed by atoms with E-state index in [4.69, 9.17) is 16.1 Å². The molecule has 0 saturated carbocycles. The fraction of sp³-hybridized carbons (Fsp3) is 0.250. The average Bonchev–Trinajstić information content (AvgIpc) is 3.37. The first kappa shape index (κ1) is 19.1. The van der Waals surface area contributed by atoms with Crippen LogP contribution in [0.5, 0.6) is 0 Å². The SMILES string of the molecule is Cc1ccc(-c2noc(C3CCCN3C(=O)c3ccc(Cl)c([N+](=O)[O-])c3)n2)cc1. The summed E-state index contributed by atoms with van der Waals surface area (Å²) in [5, 5.41) is 15.2. The highest BCUT2D eigenvalue weighted by molar-refractivity contribution is 6.32. The first-order valence-electron chi connectivity index (χ1n) is 9.09. The van der Waals surface area contributed by atoms with E-state index < -0.39 is 4.92 Å². The maximum absolute atomic E-state index is 13.0. The predicted molar refractivity (Wildman–Crippen MR) is 106 cm³/mol. The second kappa shape index (κ2) is 7.63. The summed E-state index contributed by atoms with van der Waals surface area (Å²) in [5.74, 6) is 0.485. The van der Waals surface area contributed by atoms with Crippen LogP contribution in [0.25, 0.3) is 11.4 Å². The molecule has 8 nitrogen and oxygen atoms in total. The van der Waals surface area contributed by atoms with Crippen molar-refractivity contribution in [1.29, 1.82) is 0 Å². The van der Waals surface area contributed by atoms with E-state index >= 15 is 0 Å². The molecule has 0 radical (unpaired) electrons. The minimum atomic E-state index is -0.605. The number of carbonyl (C=O) groups is 1. The minimum Gasteiger partial charge on any atom is -0.337 e. The summed E-state index contributed by atoms with van der Waals surface area (Å²) in [6.45, 7) is 2.50. The molecule has 1 saturated heterocycles. The zero-order valence-electron chi connectivity index (χ0n) is 15.5. The van der Waals surface area contributed by atoms with Crippen molar-refractivity contribution in [2.24, 2.45) is 0 Å². The van der Waals surface area contributed by atoms with Gasteiger partial charge in [-0.05, 0) is 31.9 Å². The number of carbonyl (C=O) groups excluding carboxylic acids is 1. The Bertz CT molecular complexity index is 1080. The number of nitro benzene ring substituents is 1. The molecule has 3 aromatic rings. The Hall–Kier alpha value is -3.26. The van der Waals surface area contributed by atoms with Gasteiger partial charge in [-0.1, -0.05) is 46.6 Å². The van der Waals surface area contributed by atoms with Gasteiger partial charge in [-0.15, -0.1) is 0 Å². The first-order chi connectivity index (χ1) is 13.9. The normalized spacial score (nSPS) is 16.2. The van der Waals surface area contributed by atoms with Gasteiger partial charge < -0.3 is 9.42 Å². The smallest absolute Gasteiger partial charge is 0.288 e. The number of hydrogen-bond donors (Lipinski definition) is 0. The standard InChI is InChI=1S/C20H17ClN4O4/c1-12-4-6-13(7-5-12)18-22-19(29-23-18)16-3-2-10-24(16)20(26)14-8-9-15(21)17(11-14)25(27)28/h4-9,11,16H,2-3,10H2,1H3. The molecule has 1 atom stereocenters. The lowest BCUT2D eigenvalue weighted by Gasteiger charge is -2.21. The topological polar surface area (TPSA) is 102 Å². The van der Waals surface area contributed by atoms with E-state index in [2.05, 4.69) is 10.1 Å². The third kappa shape index (κ3) is 3.71. The number of nitrogens with zero attached hydrogens (tertiary/aromatic N) is 4. The molecule has 29 heavy (non-hydrogen) atoms. The van der Waals surface area contributed by atoms with Gasteiger partial charge >= 0.3 is 0 Å². The summed E-state index contributed by atoms with van der Waals surface area (Å²) in [6.07, 6.45) is 1.45. The van der Waals surface area contributed by atoms with Crippen LogP contribution in [-0.2, 0) is 0 Å². The molecule has 1 aromatic heterocycles. The number of amides is 1. The number of aryl methyl sites for hydroxylation is 1. The third-order valence-electron chi connectivity index (χ3n) is 4.94. The van der Waals surface area contributed by atoms with Crippen molar-refractivity contribution in [3.8, 4) is 11.4 Å². The predicted octanol–water partition coefficient (Wildman–Crippen LogP) is 4.58. The molecule has 0 N–H and O–H groups in total. The molecule has 2 heterocycles. The van der Waals surface area contributed by atoms with Crippen molar-refractivity contribution in [1.82, 2.24) is 15.0 Å². The van der Waals surface area contributed by atoms with Crippen LogP contribution in [-0.4, -0.2) is 32.4 Å². The number of hydrogen-bond acceptors (Lipinski definition) is 6. The highest BCUT2D eigenvalue weighted by Gasteiger charge is 2.35. The fourth-order valence-corrected chi connectivity index (χ4v) is 3.59. The highest BCUT2D eigenvalue weighted by Crippen LogP contribution is 2.34. The van der Waals surface area contributed by atoms with Gasteiger partial charge in [-0.2, -0.15) is 4.98 Å². The number of nitro groups is 1. The zero-order chi connectivity index (χ0) is 20.5. The van der Waals surface area contributed by atoms with Crippen LogP contribution < -0.4 is 0 Å². The molecule has 148 valence electrons. The monoisotopic (exact) mass is 412 g/mol. The number of aromatic nitrogens is 2. The Morgan fingerprint density at radius 2 is 2.03 bits per heavy atom. The van der Waals surface area contributed by atoms with Crippen LogP contribution in [0.1, 0.15) is 40.7 Å². The van der Waals surface area contributed by atoms with E-state index in [1.807, 2.05) is 31.2 Å². The number of rotatable bonds is 4. The van der Waals surface area contributed by atoms with Gasteiger partial charge in [-0.3, -0.25) is 14.9 Å². The largest absolute Gasteiger partial charge is 0.337 e. The van der Waals surface area contributed by atoms with E-state index in [1.54, 1.807) is 4.90 Å². The van der Waals surface area contributed by atoms with Crippen molar-refractivity contribution in [2.75, 3.05) is 6.54 Å². The van der Waals surface area contributed by atoms with E-state index in [1.165, 1.54) is 18.2 Å². The van der Waals surface area contributed by atoms with E-state index in [0.717, 1.165) is 17.5 Å². The lowest BCUT2D eigenvalue weighted by atomic mass is 10.1. The zero-order valence-corrected chi connectivity index (χ0v) is 16.3. The summed E-state index contributed by atoms with van der Waals surface area (Å²) >= 11 is 5.85. The van der Waals surface area contributed by atoms with Crippen molar-refractivity contribution >= 4 is 23.2 Å². The van der Waals surface area contributed by atoms with Gasteiger partial charge in [0.2, 0.25) is 11.7 Å². The Balaban J connectivity index is 1.60. The molecular formula is C20H17ClN4O4. The molecule has 0 spiro atoms. The summed E-state index contributed by atoms with van der Waals surface area (Å²) in [7, 11) is 0. The van der Waals surface area contributed by atoms with Gasteiger partial charge in [-0.25, -0.2) is 0 Å². The second-order valence-electron chi connectivity index (χ2n) is 6.90. The lowest BCUT2D eigenvalue weighted by molar-refractivity contribution is -0.384. The molecular weight excluding hydrogens is 396 g/mol. The summed E-state index contributed by atoms with van der Waals surface area (Å²) < 4.78 is 5.45. The van der Waals surface area contributed by atoms with Gasteiger partial charge in [0.1, 0.15) is 11.1 Å². The Kier molecular flexibility index (Phi) is 5.02. The number of likely N-dealkylation sites (tertiary alicyclic amines) is 1. The summed E-state index contributed by atoms with van der Waals surface area (Å²) in [5.41, 5.74) is 1.86. The van der Waals surface area contributed by atoms with Crippen molar-refractivity contribution in [3.63, 3.8) is 0 Å². The highest BCUT2D eigenvalue weighted by atomic mass is 35.5. The van der Waals surface area contributed by atoms with E-state index in [-0.39, 0.29) is 28.2 Å². The molecule has 1 unspecified atom stereocenters. The number of benzene rings is 2. The molecule has 9 heteroatoms. The van der Waals surface area contributed by atoms with Gasteiger partial charge in [0.05, 0.1) is 4.92 Å². The second-order valence-corrected chi connectivity index (χ2v) is 7.31. The summed E-state index contributed by atoms with van der Waals surface area (Å²) in [4.78, 5) is 29.6. The van der Waals surface area contributed by atoms with Crippen molar-refractivity contribution in [2.45, 2.75) is 25.8 Å². The Labute approximate surface area is 171 Å². The lowest BCUT2D eigenvalue weighted by Crippen LogP contribution is -2.30. The first-order valence-corrected chi connectivity index (χ1v) is 9.47. The van der Waals surface area contributed by atoms with Gasteiger partial charge in [0, 0.05) is 23.7 Å².